The monoisotopic (exact) mass is 238 g/mol. The van der Waals surface area contributed by atoms with E-state index in [1.54, 1.807) is 0 Å². The number of benzene rings is 1. The molecule has 4 nitrogen and oxygen atoms in total. The molecule has 92 valence electrons. The van der Waals surface area contributed by atoms with Gasteiger partial charge in [0.15, 0.2) is 11.6 Å². The highest BCUT2D eigenvalue weighted by Gasteiger charge is 2.18. The number of carbonyl (C=O) groups excluding carboxylic acids is 1. The summed E-state index contributed by atoms with van der Waals surface area (Å²) in [5.74, 6) is -0.578. The lowest BCUT2D eigenvalue weighted by atomic mass is 10.1. The van der Waals surface area contributed by atoms with Crippen LogP contribution < -0.4 is 15.4 Å². The van der Waals surface area contributed by atoms with E-state index in [9.17, 15) is 9.18 Å². The van der Waals surface area contributed by atoms with Gasteiger partial charge in [0.05, 0.1) is 7.11 Å². The molecule has 1 amide bonds. The fourth-order valence-electron chi connectivity index (χ4n) is 1.85. The van der Waals surface area contributed by atoms with Crippen LogP contribution in [0.2, 0.25) is 0 Å². The zero-order valence-electron chi connectivity index (χ0n) is 9.63. The first-order valence-corrected chi connectivity index (χ1v) is 5.56. The highest BCUT2D eigenvalue weighted by molar-refractivity contribution is 5.94. The molecule has 5 heteroatoms. The van der Waals surface area contributed by atoms with E-state index in [4.69, 9.17) is 4.74 Å². The maximum atomic E-state index is 13.2. The Morgan fingerprint density at radius 2 is 2.41 bits per heavy atom. The van der Waals surface area contributed by atoms with Crippen molar-refractivity contribution in [2.75, 3.05) is 20.2 Å². The standard InChI is InChI=1S/C12H15FN2O2/c1-17-11-6-8(2-3-10(11)13)12(16)15-9-4-5-14-7-9/h2-3,6,9,14H,4-5,7H2,1H3,(H,15,16)/t9-/m0/s1. The van der Waals surface area contributed by atoms with Crippen LogP contribution in [0, 0.1) is 5.82 Å². The van der Waals surface area contributed by atoms with Gasteiger partial charge in [-0.2, -0.15) is 0 Å². The van der Waals surface area contributed by atoms with E-state index in [1.807, 2.05) is 0 Å². The van der Waals surface area contributed by atoms with Crippen molar-refractivity contribution in [3.05, 3.63) is 29.6 Å². The maximum absolute atomic E-state index is 13.2. The van der Waals surface area contributed by atoms with Crippen molar-refractivity contribution in [1.82, 2.24) is 10.6 Å². The highest BCUT2D eigenvalue weighted by Crippen LogP contribution is 2.18. The van der Waals surface area contributed by atoms with Gasteiger partial charge in [-0.05, 0) is 31.2 Å². The number of hydrogen-bond donors (Lipinski definition) is 2. The van der Waals surface area contributed by atoms with Gasteiger partial charge < -0.3 is 15.4 Å². The molecule has 1 aliphatic rings. The molecular formula is C12H15FN2O2. The van der Waals surface area contributed by atoms with Crippen molar-refractivity contribution in [2.24, 2.45) is 0 Å². The topological polar surface area (TPSA) is 50.4 Å². The number of nitrogens with one attached hydrogen (secondary N) is 2. The minimum Gasteiger partial charge on any atom is -0.494 e. The minimum atomic E-state index is -0.466. The van der Waals surface area contributed by atoms with E-state index in [-0.39, 0.29) is 17.7 Å². The third-order valence-electron chi connectivity index (χ3n) is 2.81. The molecule has 1 aromatic carbocycles. The molecule has 2 rings (SSSR count). The largest absolute Gasteiger partial charge is 0.494 e. The summed E-state index contributed by atoms with van der Waals surface area (Å²) in [4.78, 5) is 11.9. The summed E-state index contributed by atoms with van der Waals surface area (Å²) in [6, 6.07) is 4.25. The molecule has 0 aliphatic carbocycles. The molecule has 2 N–H and O–H groups in total. The Morgan fingerprint density at radius 1 is 1.59 bits per heavy atom. The molecule has 1 aliphatic heterocycles. The number of amides is 1. The van der Waals surface area contributed by atoms with E-state index in [0.29, 0.717) is 5.56 Å². The molecule has 1 atom stereocenters. The molecule has 17 heavy (non-hydrogen) atoms. The highest BCUT2D eigenvalue weighted by atomic mass is 19.1. The van der Waals surface area contributed by atoms with Crippen molar-refractivity contribution < 1.29 is 13.9 Å². The summed E-state index contributed by atoms with van der Waals surface area (Å²) in [6.07, 6.45) is 0.921. The summed E-state index contributed by atoms with van der Waals surface area (Å²) in [7, 11) is 1.38. The van der Waals surface area contributed by atoms with E-state index < -0.39 is 5.82 Å². The van der Waals surface area contributed by atoms with Crippen molar-refractivity contribution >= 4 is 5.91 Å². The van der Waals surface area contributed by atoms with Gasteiger partial charge >= 0.3 is 0 Å². The smallest absolute Gasteiger partial charge is 0.251 e. The third kappa shape index (κ3) is 2.74. The summed E-state index contributed by atoms with van der Waals surface area (Å²) in [6.45, 7) is 1.70. The Hall–Kier alpha value is -1.62. The molecule has 1 fully saturated rings. The second-order valence-corrected chi connectivity index (χ2v) is 4.01. The van der Waals surface area contributed by atoms with Gasteiger partial charge in [-0.3, -0.25) is 4.79 Å². The fraction of sp³-hybridized carbons (Fsp3) is 0.417. The van der Waals surface area contributed by atoms with Gasteiger partial charge in [0.2, 0.25) is 0 Å². The van der Waals surface area contributed by atoms with Crippen molar-refractivity contribution in [1.29, 1.82) is 0 Å². The predicted octanol–water partition coefficient (Wildman–Crippen LogP) is 0.926. The summed E-state index contributed by atoms with van der Waals surface area (Å²) in [5, 5.41) is 6.05. The van der Waals surface area contributed by atoms with Gasteiger partial charge in [-0.1, -0.05) is 0 Å². The van der Waals surface area contributed by atoms with E-state index in [2.05, 4.69) is 10.6 Å². The lowest BCUT2D eigenvalue weighted by Crippen LogP contribution is -2.36. The maximum Gasteiger partial charge on any atom is 0.251 e. The number of carbonyl (C=O) groups is 1. The lowest BCUT2D eigenvalue weighted by molar-refractivity contribution is 0.0939. The van der Waals surface area contributed by atoms with Crippen LogP contribution in [-0.2, 0) is 0 Å². The lowest BCUT2D eigenvalue weighted by Gasteiger charge is -2.12. The van der Waals surface area contributed by atoms with Gasteiger partial charge in [0.1, 0.15) is 0 Å². The molecular weight excluding hydrogens is 223 g/mol. The predicted molar refractivity (Wildman–Crippen MR) is 61.7 cm³/mol. The average Bonchev–Trinajstić information content (AvgIpc) is 2.82. The summed E-state index contributed by atoms with van der Waals surface area (Å²) in [5.41, 5.74) is 0.412. The van der Waals surface area contributed by atoms with Crippen LogP contribution in [0.4, 0.5) is 4.39 Å². The quantitative estimate of drug-likeness (QED) is 0.823. The molecule has 0 aromatic heterocycles. The SMILES string of the molecule is COc1cc(C(=O)N[C@H]2CCNC2)ccc1F. The Bertz CT molecular complexity index is 417. The number of hydrogen-bond acceptors (Lipinski definition) is 3. The molecule has 0 radical (unpaired) electrons. The fourth-order valence-corrected chi connectivity index (χ4v) is 1.85. The Balaban J connectivity index is 2.07. The molecule has 0 bridgehead atoms. The Labute approximate surface area is 99.2 Å². The molecule has 1 aromatic rings. The van der Waals surface area contributed by atoms with E-state index in [1.165, 1.54) is 25.3 Å². The van der Waals surface area contributed by atoms with Crippen LogP contribution in [0.1, 0.15) is 16.8 Å². The summed E-state index contributed by atoms with van der Waals surface area (Å²) >= 11 is 0. The van der Waals surface area contributed by atoms with E-state index >= 15 is 0 Å². The van der Waals surface area contributed by atoms with Crippen LogP contribution >= 0.6 is 0 Å². The number of ether oxygens (including phenoxy) is 1. The molecule has 0 saturated carbocycles. The zero-order chi connectivity index (χ0) is 12.3. The summed E-state index contributed by atoms with van der Waals surface area (Å²) < 4.78 is 18.0. The van der Waals surface area contributed by atoms with Crippen LogP contribution in [0.15, 0.2) is 18.2 Å². The number of methoxy groups -OCH3 is 1. The van der Waals surface area contributed by atoms with Crippen LogP contribution in [0.3, 0.4) is 0 Å². The second-order valence-electron chi connectivity index (χ2n) is 4.01. The Kier molecular flexibility index (Phi) is 3.58. The Morgan fingerprint density at radius 3 is 3.06 bits per heavy atom. The average molecular weight is 238 g/mol. The van der Waals surface area contributed by atoms with Crippen LogP contribution in [-0.4, -0.2) is 32.1 Å². The van der Waals surface area contributed by atoms with Crippen LogP contribution in [0.5, 0.6) is 5.75 Å². The van der Waals surface area contributed by atoms with Crippen molar-refractivity contribution in [3.8, 4) is 5.75 Å². The molecule has 0 spiro atoms. The van der Waals surface area contributed by atoms with Crippen molar-refractivity contribution in [2.45, 2.75) is 12.5 Å². The van der Waals surface area contributed by atoms with Gasteiger partial charge in [0.25, 0.3) is 5.91 Å². The first-order valence-electron chi connectivity index (χ1n) is 5.56. The zero-order valence-corrected chi connectivity index (χ0v) is 9.63. The number of rotatable bonds is 3. The van der Waals surface area contributed by atoms with Crippen molar-refractivity contribution in [3.63, 3.8) is 0 Å². The second kappa shape index (κ2) is 5.14. The van der Waals surface area contributed by atoms with E-state index in [0.717, 1.165) is 19.5 Å². The first kappa shape index (κ1) is 11.9. The third-order valence-corrected chi connectivity index (χ3v) is 2.81. The van der Waals surface area contributed by atoms with Gasteiger partial charge in [0, 0.05) is 18.2 Å². The molecule has 1 saturated heterocycles. The molecule has 0 unspecified atom stereocenters. The normalized spacial score (nSPS) is 19.1. The number of halogens is 1. The minimum absolute atomic E-state index is 0.0854. The first-order chi connectivity index (χ1) is 8.20. The molecule has 1 heterocycles. The van der Waals surface area contributed by atoms with Gasteiger partial charge in [-0.15, -0.1) is 0 Å². The van der Waals surface area contributed by atoms with Gasteiger partial charge in [-0.25, -0.2) is 4.39 Å². The van der Waals surface area contributed by atoms with Crippen LogP contribution in [0.25, 0.3) is 0 Å².